The van der Waals surface area contributed by atoms with Crippen LogP contribution < -0.4 is 0 Å². The van der Waals surface area contributed by atoms with Crippen LogP contribution in [-0.2, 0) is 4.79 Å². The van der Waals surface area contributed by atoms with E-state index < -0.39 is 0 Å². The molecule has 1 saturated carbocycles. The van der Waals surface area contributed by atoms with E-state index in [-0.39, 0.29) is 11.7 Å². The predicted molar refractivity (Wildman–Crippen MR) is 52.5 cm³/mol. The summed E-state index contributed by atoms with van der Waals surface area (Å²) in [6.07, 6.45) is 1.63. The van der Waals surface area contributed by atoms with Crippen molar-refractivity contribution in [2.24, 2.45) is 5.92 Å². The lowest BCUT2D eigenvalue weighted by Gasteiger charge is -2.13. The van der Waals surface area contributed by atoms with E-state index >= 15 is 0 Å². The number of hydrogen-bond donors (Lipinski definition) is 0. The molecule has 1 aliphatic carbocycles. The number of carbonyl (C=O) groups excluding carboxylic acids is 1. The van der Waals surface area contributed by atoms with Crippen LogP contribution in [0.4, 0.5) is 4.39 Å². The molecular formula is C12H13FO. The van der Waals surface area contributed by atoms with E-state index in [9.17, 15) is 9.18 Å². The molecule has 1 nitrogen and oxygen atoms in total. The van der Waals surface area contributed by atoms with E-state index in [0.717, 1.165) is 12.0 Å². The van der Waals surface area contributed by atoms with Crippen LogP contribution in [0.3, 0.4) is 0 Å². The molecule has 2 atom stereocenters. The molecule has 1 aliphatic rings. The molecule has 0 N–H and O–H groups in total. The van der Waals surface area contributed by atoms with E-state index in [4.69, 9.17) is 0 Å². The van der Waals surface area contributed by atoms with Crippen LogP contribution >= 0.6 is 0 Å². The van der Waals surface area contributed by atoms with Crippen molar-refractivity contribution < 1.29 is 9.18 Å². The van der Waals surface area contributed by atoms with Crippen molar-refractivity contribution in [1.82, 2.24) is 0 Å². The Hall–Kier alpha value is -1.18. The van der Waals surface area contributed by atoms with E-state index in [1.54, 1.807) is 12.1 Å². The molecule has 0 bridgehead atoms. The Morgan fingerprint density at radius 2 is 1.93 bits per heavy atom. The van der Waals surface area contributed by atoms with Crippen molar-refractivity contribution in [1.29, 1.82) is 0 Å². The number of ketones is 1. The molecule has 14 heavy (non-hydrogen) atoms. The summed E-state index contributed by atoms with van der Waals surface area (Å²) in [5.41, 5.74) is 0.960. The van der Waals surface area contributed by atoms with Gasteiger partial charge in [-0.15, -0.1) is 0 Å². The zero-order chi connectivity index (χ0) is 10.1. The van der Waals surface area contributed by atoms with Crippen molar-refractivity contribution in [3.8, 4) is 0 Å². The normalized spacial score (nSPS) is 26.9. The second-order valence-corrected chi connectivity index (χ2v) is 4.01. The Bertz CT molecular complexity index is 342. The molecule has 0 saturated heterocycles. The monoisotopic (exact) mass is 192 g/mol. The highest BCUT2D eigenvalue weighted by atomic mass is 19.1. The summed E-state index contributed by atoms with van der Waals surface area (Å²) in [6, 6.07) is 6.29. The molecule has 0 amide bonds. The third-order valence-corrected chi connectivity index (χ3v) is 2.99. The fraction of sp³-hybridized carbons (Fsp3) is 0.417. The topological polar surface area (TPSA) is 17.1 Å². The lowest BCUT2D eigenvalue weighted by Crippen LogP contribution is -2.10. The predicted octanol–water partition coefficient (Wildman–Crippen LogP) is 2.91. The second kappa shape index (κ2) is 3.52. The van der Waals surface area contributed by atoms with Gasteiger partial charge in [-0.1, -0.05) is 19.1 Å². The van der Waals surface area contributed by atoms with Gasteiger partial charge in [0.1, 0.15) is 11.6 Å². The molecular weight excluding hydrogens is 179 g/mol. The Balaban J connectivity index is 2.30. The minimum Gasteiger partial charge on any atom is -0.299 e. The fourth-order valence-corrected chi connectivity index (χ4v) is 2.19. The highest BCUT2D eigenvalue weighted by molar-refractivity contribution is 5.88. The van der Waals surface area contributed by atoms with Crippen LogP contribution in [0.1, 0.15) is 31.2 Å². The van der Waals surface area contributed by atoms with Gasteiger partial charge in [0.2, 0.25) is 0 Å². The zero-order valence-electron chi connectivity index (χ0n) is 8.16. The Kier molecular flexibility index (Phi) is 2.36. The Labute approximate surface area is 82.9 Å². The van der Waals surface area contributed by atoms with Gasteiger partial charge in [0, 0.05) is 12.3 Å². The Morgan fingerprint density at radius 1 is 1.29 bits per heavy atom. The summed E-state index contributed by atoms with van der Waals surface area (Å²) >= 11 is 0. The maximum atomic E-state index is 12.7. The second-order valence-electron chi connectivity index (χ2n) is 4.01. The van der Waals surface area contributed by atoms with Crippen molar-refractivity contribution in [3.05, 3.63) is 35.6 Å². The first kappa shape index (κ1) is 9.38. The summed E-state index contributed by atoms with van der Waals surface area (Å²) in [6.45, 7) is 2.08. The van der Waals surface area contributed by atoms with Gasteiger partial charge in [-0.3, -0.25) is 4.79 Å². The molecule has 0 aliphatic heterocycles. The maximum absolute atomic E-state index is 12.7. The van der Waals surface area contributed by atoms with Gasteiger partial charge >= 0.3 is 0 Å². The first-order valence-electron chi connectivity index (χ1n) is 4.96. The minimum absolute atomic E-state index is 0.00407. The van der Waals surface area contributed by atoms with E-state index in [0.29, 0.717) is 18.1 Å². The molecule has 2 rings (SSSR count). The summed E-state index contributed by atoms with van der Waals surface area (Å²) in [4.78, 5) is 11.6. The van der Waals surface area contributed by atoms with Gasteiger partial charge in [0.15, 0.2) is 0 Å². The van der Waals surface area contributed by atoms with E-state index in [1.807, 2.05) is 0 Å². The van der Waals surface area contributed by atoms with Crippen LogP contribution in [-0.4, -0.2) is 5.78 Å². The summed E-state index contributed by atoms with van der Waals surface area (Å²) in [5, 5.41) is 0. The summed E-state index contributed by atoms with van der Waals surface area (Å²) in [5.74, 6) is 0.444. The lowest BCUT2D eigenvalue weighted by atomic mass is 9.90. The highest BCUT2D eigenvalue weighted by Gasteiger charge is 2.32. The summed E-state index contributed by atoms with van der Waals surface area (Å²) < 4.78 is 12.7. The molecule has 0 radical (unpaired) electrons. The molecule has 0 heterocycles. The first-order chi connectivity index (χ1) is 6.68. The highest BCUT2D eigenvalue weighted by Crippen LogP contribution is 2.36. The molecule has 1 fully saturated rings. The zero-order valence-corrected chi connectivity index (χ0v) is 8.16. The van der Waals surface area contributed by atoms with Gasteiger partial charge in [-0.2, -0.15) is 0 Å². The molecule has 74 valence electrons. The third kappa shape index (κ3) is 1.57. The van der Waals surface area contributed by atoms with Gasteiger partial charge in [-0.05, 0) is 30.0 Å². The van der Waals surface area contributed by atoms with Crippen molar-refractivity contribution in [3.63, 3.8) is 0 Å². The minimum atomic E-state index is -0.244. The SMILES string of the molecule is C[C@H]1CCC(=O)[C@@H]1c1ccc(F)cc1. The van der Waals surface area contributed by atoms with Gasteiger partial charge < -0.3 is 0 Å². The van der Waals surface area contributed by atoms with Gasteiger partial charge in [-0.25, -0.2) is 4.39 Å². The molecule has 2 heteroatoms. The van der Waals surface area contributed by atoms with Crippen LogP contribution in [0, 0.1) is 11.7 Å². The number of Topliss-reactive ketones (excluding diaryl/α,β-unsaturated/α-hetero) is 1. The molecule has 1 aromatic carbocycles. The largest absolute Gasteiger partial charge is 0.299 e. The average molecular weight is 192 g/mol. The van der Waals surface area contributed by atoms with Gasteiger partial charge in [0.05, 0.1) is 0 Å². The average Bonchev–Trinajstić information content (AvgIpc) is 2.49. The Morgan fingerprint density at radius 3 is 2.43 bits per heavy atom. The standard InChI is InChI=1S/C12H13FO/c1-8-2-7-11(14)12(8)9-3-5-10(13)6-4-9/h3-6,8,12H,2,7H2,1H3/t8-,12-/m0/s1. The van der Waals surface area contributed by atoms with Crippen LogP contribution in [0.5, 0.6) is 0 Å². The molecule has 1 aromatic rings. The van der Waals surface area contributed by atoms with Crippen molar-refractivity contribution in [2.75, 3.05) is 0 Å². The number of benzene rings is 1. The van der Waals surface area contributed by atoms with E-state index in [1.165, 1.54) is 12.1 Å². The quantitative estimate of drug-likeness (QED) is 0.668. The third-order valence-electron chi connectivity index (χ3n) is 2.99. The number of carbonyl (C=O) groups is 1. The van der Waals surface area contributed by atoms with Crippen LogP contribution in [0.2, 0.25) is 0 Å². The molecule has 0 unspecified atom stereocenters. The smallest absolute Gasteiger partial charge is 0.140 e. The fourth-order valence-electron chi connectivity index (χ4n) is 2.19. The first-order valence-corrected chi connectivity index (χ1v) is 4.96. The van der Waals surface area contributed by atoms with Crippen molar-refractivity contribution in [2.45, 2.75) is 25.7 Å². The maximum Gasteiger partial charge on any atom is 0.140 e. The molecule has 0 aromatic heterocycles. The van der Waals surface area contributed by atoms with Crippen LogP contribution in [0.15, 0.2) is 24.3 Å². The molecule has 0 spiro atoms. The number of hydrogen-bond acceptors (Lipinski definition) is 1. The van der Waals surface area contributed by atoms with Crippen molar-refractivity contribution >= 4 is 5.78 Å². The number of rotatable bonds is 1. The lowest BCUT2D eigenvalue weighted by molar-refractivity contribution is -0.118. The number of halogens is 1. The summed E-state index contributed by atoms with van der Waals surface area (Å²) in [7, 11) is 0. The van der Waals surface area contributed by atoms with Gasteiger partial charge in [0.25, 0.3) is 0 Å². The van der Waals surface area contributed by atoms with Crippen LogP contribution in [0.25, 0.3) is 0 Å². The van der Waals surface area contributed by atoms with E-state index in [2.05, 4.69) is 6.92 Å².